The van der Waals surface area contributed by atoms with E-state index in [9.17, 15) is 14.9 Å². The first kappa shape index (κ1) is 20.1. The number of anilines is 1. The van der Waals surface area contributed by atoms with E-state index < -0.39 is 11.0 Å². The van der Waals surface area contributed by atoms with Crippen molar-refractivity contribution < 1.29 is 14.5 Å². The van der Waals surface area contributed by atoms with E-state index in [1.807, 2.05) is 61.5 Å². The van der Waals surface area contributed by atoms with Gasteiger partial charge in [0.15, 0.2) is 6.10 Å². The average molecular weight is 390 g/mol. The van der Waals surface area contributed by atoms with Crippen molar-refractivity contribution in [2.24, 2.45) is 0 Å². The summed E-state index contributed by atoms with van der Waals surface area (Å²) in [5.74, 6) is 0.309. The van der Waals surface area contributed by atoms with Crippen molar-refractivity contribution in [3.8, 4) is 16.9 Å². The lowest BCUT2D eigenvalue weighted by molar-refractivity contribution is -0.384. The molecule has 0 aliphatic carbocycles. The van der Waals surface area contributed by atoms with Crippen molar-refractivity contribution >= 4 is 17.3 Å². The second kappa shape index (κ2) is 9.01. The first-order valence-electron chi connectivity index (χ1n) is 9.36. The van der Waals surface area contributed by atoms with E-state index in [0.717, 1.165) is 11.1 Å². The predicted molar refractivity (Wildman–Crippen MR) is 113 cm³/mol. The van der Waals surface area contributed by atoms with Crippen LogP contribution in [0.5, 0.6) is 5.75 Å². The molecule has 0 saturated heterocycles. The summed E-state index contributed by atoms with van der Waals surface area (Å²) in [5.41, 5.74) is 3.31. The number of non-ortho nitro benzene ring substituents is 1. The molecule has 3 aromatic carbocycles. The Morgan fingerprint density at radius 2 is 1.69 bits per heavy atom. The highest BCUT2D eigenvalue weighted by molar-refractivity contribution is 5.95. The van der Waals surface area contributed by atoms with Crippen LogP contribution in [0.4, 0.5) is 11.4 Å². The number of nitro benzene ring substituents is 1. The maximum Gasteiger partial charge on any atom is 0.269 e. The zero-order valence-corrected chi connectivity index (χ0v) is 16.3. The Bertz CT molecular complexity index is 1000. The van der Waals surface area contributed by atoms with Gasteiger partial charge in [0.25, 0.3) is 11.6 Å². The van der Waals surface area contributed by atoms with E-state index in [1.54, 1.807) is 6.92 Å². The Morgan fingerprint density at radius 1 is 1.03 bits per heavy atom. The minimum Gasteiger partial charge on any atom is -0.481 e. The summed E-state index contributed by atoms with van der Waals surface area (Å²) in [6.07, 6.45) is -0.189. The number of benzene rings is 3. The molecule has 0 heterocycles. The van der Waals surface area contributed by atoms with E-state index in [4.69, 9.17) is 4.74 Å². The fourth-order valence-corrected chi connectivity index (χ4v) is 2.96. The third-order valence-electron chi connectivity index (χ3n) is 4.58. The minimum atomic E-state index is -0.674. The summed E-state index contributed by atoms with van der Waals surface area (Å²) in [6.45, 7) is 3.58. The van der Waals surface area contributed by atoms with Crippen LogP contribution in [0.1, 0.15) is 18.9 Å². The molecule has 3 rings (SSSR count). The van der Waals surface area contributed by atoms with E-state index >= 15 is 0 Å². The van der Waals surface area contributed by atoms with Crippen LogP contribution in [0, 0.1) is 17.0 Å². The van der Waals surface area contributed by atoms with Crippen LogP contribution >= 0.6 is 0 Å². The van der Waals surface area contributed by atoms with Crippen molar-refractivity contribution in [3.05, 3.63) is 88.5 Å². The van der Waals surface area contributed by atoms with Crippen LogP contribution < -0.4 is 10.1 Å². The lowest BCUT2D eigenvalue weighted by Gasteiger charge is -2.18. The van der Waals surface area contributed by atoms with E-state index in [1.165, 1.54) is 18.2 Å². The molecule has 1 N–H and O–H groups in total. The second-order valence-electron chi connectivity index (χ2n) is 6.65. The number of nitro groups is 1. The lowest BCUT2D eigenvalue weighted by atomic mass is 10.1. The van der Waals surface area contributed by atoms with Gasteiger partial charge < -0.3 is 10.1 Å². The van der Waals surface area contributed by atoms with Gasteiger partial charge in [-0.05, 0) is 48.2 Å². The van der Waals surface area contributed by atoms with Crippen molar-refractivity contribution in [2.45, 2.75) is 26.4 Å². The summed E-state index contributed by atoms with van der Waals surface area (Å²) < 4.78 is 5.87. The zero-order valence-electron chi connectivity index (χ0n) is 16.3. The zero-order chi connectivity index (χ0) is 20.8. The molecular formula is C23H22N2O4. The van der Waals surface area contributed by atoms with Gasteiger partial charge in [-0.1, -0.05) is 49.4 Å². The molecule has 6 nitrogen and oxygen atoms in total. The Morgan fingerprint density at radius 3 is 2.28 bits per heavy atom. The fraction of sp³-hybridized carbons (Fsp3) is 0.174. The van der Waals surface area contributed by atoms with Crippen molar-refractivity contribution in [1.82, 2.24) is 0 Å². The molecule has 6 heteroatoms. The standard InChI is InChI=1S/C23H22N2O4/c1-3-22(23(26)24-21-14-11-19(25(27)28)15-16(21)2)29-20-12-9-18(10-13-20)17-7-5-4-6-8-17/h4-15,22H,3H2,1-2H3,(H,24,26). The van der Waals surface area contributed by atoms with Crippen LogP contribution in [0.3, 0.4) is 0 Å². The summed E-state index contributed by atoms with van der Waals surface area (Å²) in [7, 11) is 0. The summed E-state index contributed by atoms with van der Waals surface area (Å²) >= 11 is 0. The van der Waals surface area contributed by atoms with Crippen molar-refractivity contribution in [2.75, 3.05) is 5.32 Å². The number of carbonyl (C=O) groups is 1. The van der Waals surface area contributed by atoms with Gasteiger partial charge in [-0.15, -0.1) is 0 Å². The average Bonchev–Trinajstić information content (AvgIpc) is 2.74. The molecule has 0 bridgehead atoms. The molecule has 148 valence electrons. The summed E-state index contributed by atoms with van der Waals surface area (Å²) in [6, 6.07) is 21.9. The molecular weight excluding hydrogens is 368 g/mol. The number of hydrogen-bond acceptors (Lipinski definition) is 4. The molecule has 0 spiro atoms. The quantitative estimate of drug-likeness (QED) is 0.434. The topological polar surface area (TPSA) is 81.5 Å². The molecule has 0 fully saturated rings. The Hall–Kier alpha value is -3.67. The molecule has 0 aliphatic heterocycles. The number of nitrogens with zero attached hydrogens (tertiary/aromatic N) is 1. The van der Waals surface area contributed by atoms with Gasteiger partial charge in [0, 0.05) is 17.8 Å². The van der Waals surface area contributed by atoms with Crippen LogP contribution in [0.15, 0.2) is 72.8 Å². The number of ether oxygens (including phenoxy) is 1. The maximum atomic E-state index is 12.6. The Kier molecular flexibility index (Phi) is 6.24. The molecule has 0 saturated carbocycles. The van der Waals surface area contributed by atoms with E-state index in [0.29, 0.717) is 23.4 Å². The highest BCUT2D eigenvalue weighted by Gasteiger charge is 2.20. The molecule has 1 atom stereocenters. The van der Waals surface area contributed by atoms with Crippen LogP contribution in [0.25, 0.3) is 11.1 Å². The first-order valence-corrected chi connectivity index (χ1v) is 9.36. The number of rotatable bonds is 7. The first-order chi connectivity index (χ1) is 14.0. The highest BCUT2D eigenvalue weighted by atomic mass is 16.6. The molecule has 0 aromatic heterocycles. The van der Waals surface area contributed by atoms with E-state index in [-0.39, 0.29) is 11.6 Å². The Labute approximate surface area is 169 Å². The molecule has 1 unspecified atom stereocenters. The molecule has 29 heavy (non-hydrogen) atoms. The van der Waals surface area contributed by atoms with Gasteiger partial charge in [-0.25, -0.2) is 0 Å². The minimum absolute atomic E-state index is 0.0118. The molecule has 0 radical (unpaired) electrons. The summed E-state index contributed by atoms with van der Waals surface area (Å²) in [5, 5.41) is 13.7. The maximum absolute atomic E-state index is 12.6. The third-order valence-corrected chi connectivity index (χ3v) is 4.58. The van der Waals surface area contributed by atoms with Gasteiger partial charge in [-0.3, -0.25) is 14.9 Å². The molecule has 1 amide bonds. The van der Waals surface area contributed by atoms with Crippen LogP contribution in [0.2, 0.25) is 0 Å². The summed E-state index contributed by atoms with van der Waals surface area (Å²) in [4.78, 5) is 23.0. The van der Waals surface area contributed by atoms with Gasteiger partial charge >= 0.3 is 0 Å². The SMILES string of the molecule is CCC(Oc1ccc(-c2ccccc2)cc1)C(=O)Nc1ccc([N+](=O)[O-])cc1C. The predicted octanol–water partition coefficient (Wildman–Crippen LogP) is 5.37. The molecule has 0 aliphatic rings. The Balaban J connectivity index is 1.68. The van der Waals surface area contributed by atoms with Gasteiger partial charge in [0.1, 0.15) is 5.75 Å². The smallest absolute Gasteiger partial charge is 0.269 e. The fourth-order valence-electron chi connectivity index (χ4n) is 2.96. The number of aryl methyl sites for hydroxylation is 1. The number of nitrogens with one attached hydrogen (secondary N) is 1. The van der Waals surface area contributed by atoms with Gasteiger partial charge in [0.05, 0.1) is 4.92 Å². The van der Waals surface area contributed by atoms with Gasteiger partial charge in [-0.2, -0.15) is 0 Å². The number of hydrogen-bond donors (Lipinski definition) is 1. The normalized spacial score (nSPS) is 11.5. The highest BCUT2D eigenvalue weighted by Crippen LogP contribution is 2.24. The number of amides is 1. The lowest BCUT2D eigenvalue weighted by Crippen LogP contribution is -2.32. The molecule has 3 aromatic rings. The van der Waals surface area contributed by atoms with Crippen LogP contribution in [-0.4, -0.2) is 16.9 Å². The van der Waals surface area contributed by atoms with Gasteiger partial charge in [0.2, 0.25) is 0 Å². The number of carbonyl (C=O) groups excluding carboxylic acids is 1. The monoisotopic (exact) mass is 390 g/mol. The third kappa shape index (κ3) is 4.99. The van der Waals surface area contributed by atoms with Crippen molar-refractivity contribution in [1.29, 1.82) is 0 Å². The van der Waals surface area contributed by atoms with Crippen LogP contribution in [-0.2, 0) is 4.79 Å². The second-order valence-corrected chi connectivity index (χ2v) is 6.65. The van der Waals surface area contributed by atoms with Crippen molar-refractivity contribution in [3.63, 3.8) is 0 Å². The van der Waals surface area contributed by atoms with E-state index in [2.05, 4.69) is 5.32 Å². The largest absolute Gasteiger partial charge is 0.481 e.